The number of hydrogen-bond acceptors (Lipinski definition) is 6. The van der Waals surface area contributed by atoms with Crippen molar-refractivity contribution in [3.63, 3.8) is 0 Å². The first-order valence-corrected chi connectivity index (χ1v) is 5.73. The first-order valence-electron chi connectivity index (χ1n) is 5.73. The van der Waals surface area contributed by atoms with Gasteiger partial charge >= 0.3 is 17.9 Å². The number of hydrogen-bond donors (Lipinski definition) is 1. The van der Waals surface area contributed by atoms with E-state index in [1.165, 1.54) is 6.07 Å². The number of nitrogens with two attached hydrogens (primary N) is 1. The van der Waals surface area contributed by atoms with E-state index in [1.807, 2.05) is 0 Å². The van der Waals surface area contributed by atoms with E-state index in [-0.39, 0.29) is 17.7 Å². The Bertz CT molecular complexity index is 510. The average Bonchev–Trinajstić information content (AvgIpc) is 2.38. The van der Waals surface area contributed by atoms with Crippen LogP contribution in [0.25, 0.3) is 0 Å². The second-order valence-corrected chi connectivity index (χ2v) is 3.68. The van der Waals surface area contributed by atoms with Crippen molar-refractivity contribution in [2.45, 2.75) is 13.8 Å². The van der Waals surface area contributed by atoms with E-state index in [0.29, 0.717) is 5.56 Å². The standard InChI is InChI=1S/C13H15NO5/c1-3-18-12(16)9-6-4-5-8(2)11(9)13(17)19-10(15)7-14/h4-6H,3,7,14H2,1-2H3. The minimum Gasteiger partial charge on any atom is -0.462 e. The highest BCUT2D eigenvalue weighted by Gasteiger charge is 2.22. The highest BCUT2D eigenvalue weighted by molar-refractivity contribution is 6.06. The Morgan fingerprint density at radius 3 is 2.47 bits per heavy atom. The molecule has 0 atom stereocenters. The molecule has 102 valence electrons. The lowest BCUT2D eigenvalue weighted by Gasteiger charge is -2.10. The molecule has 2 N–H and O–H groups in total. The molecule has 0 spiro atoms. The number of aryl methyl sites for hydroxylation is 1. The molecule has 0 radical (unpaired) electrons. The molecule has 0 heterocycles. The highest BCUT2D eigenvalue weighted by Crippen LogP contribution is 2.17. The molecule has 0 aliphatic rings. The molecule has 0 aliphatic heterocycles. The molecule has 0 saturated carbocycles. The number of ether oxygens (including phenoxy) is 2. The van der Waals surface area contributed by atoms with Crippen LogP contribution < -0.4 is 5.73 Å². The predicted molar refractivity (Wildman–Crippen MR) is 66.6 cm³/mol. The van der Waals surface area contributed by atoms with Crippen LogP contribution in [0.1, 0.15) is 33.2 Å². The maximum absolute atomic E-state index is 11.9. The van der Waals surface area contributed by atoms with Crippen LogP contribution in [-0.2, 0) is 14.3 Å². The van der Waals surface area contributed by atoms with Crippen molar-refractivity contribution in [2.24, 2.45) is 5.73 Å². The van der Waals surface area contributed by atoms with Crippen molar-refractivity contribution < 1.29 is 23.9 Å². The van der Waals surface area contributed by atoms with Crippen molar-refractivity contribution in [3.05, 3.63) is 34.9 Å². The third-order valence-corrected chi connectivity index (χ3v) is 2.35. The molecule has 0 aliphatic carbocycles. The molecule has 1 aromatic carbocycles. The Morgan fingerprint density at radius 2 is 1.89 bits per heavy atom. The van der Waals surface area contributed by atoms with E-state index >= 15 is 0 Å². The predicted octanol–water partition coefficient (Wildman–Crippen LogP) is 0.814. The largest absolute Gasteiger partial charge is 0.462 e. The van der Waals surface area contributed by atoms with Crippen LogP contribution in [0.5, 0.6) is 0 Å². The highest BCUT2D eigenvalue weighted by atomic mass is 16.6. The lowest BCUT2D eigenvalue weighted by molar-refractivity contribution is -0.136. The molecule has 6 nitrogen and oxygen atoms in total. The molecular formula is C13H15NO5. The van der Waals surface area contributed by atoms with Crippen LogP contribution in [0.2, 0.25) is 0 Å². The van der Waals surface area contributed by atoms with Gasteiger partial charge < -0.3 is 15.2 Å². The smallest absolute Gasteiger partial charge is 0.346 e. The van der Waals surface area contributed by atoms with Gasteiger partial charge in [-0.15, -0.1) is 0 Å². The zero-order chi connectivity index (χ0) is 14.4. The first kappa shape index (κ1) is 14.8. The molecular weight excluding hydrogens is 250 g/mol. The topological polar surface area (TPSA) is 95.7 Å². The van der Waals surface area contributed by atoms with Crippen LogP contribution >= 0.6 is 0 Å². The van der Waals surface area contributed by atoms with Crippen molar-refractivity contribution in [1.29, 1.82) is 0 Å². The second kappa shape index (κ2) is 6.65. The molecule has 0 amide bonds. The third kappa shape index (κ3) is 3.62. The molecule has 1 aromatic rings. The summed E-state index contributed by atoms with van der Waals surface area (Å²) in [4.78, 5) is 34.6. The SMILES string of the molecule is CCOC(=O)c1cccc(C)c1C(=O)OC(=O)CN. The summed E-state index contributed by atoms with van der Waals surface area (Å²) in [7, 11) is 0. The van der Waals surface area contributed by atoms with Gasteiger partial charge in [-0.1, -0.05) is 12.1 Å². The molecule has 0 fully saturated rings. The zero-order valence-electron chi connectivity index (χ0n) is 10.8. The van der Waals surface area contributed by atoms with Crippen LogP contribution in [0.4, 0.5) is 0 Å². The Kier molecular flexibility index (Phi) is 5.20. The van der Waals surface area contributed by atoms with E-state index < -0.39 is 24.5 Å². The quantitative estimate of drug-likeness (QED) is 0.639. The Morgan fingerprint density at radius 1 is 1.21 bits per heavy atom. The monoisotopic (exact) mass is 265 g/mol. The maximum Gasteiger partial charge on any atom is 0.346 e. The summed E-state index contributed by atoms with van der Waals surface area (Å²) in [5, 5.41) is 0. The van der Waals surface area contributed by atoms with Crippen LogP contribution in [0.3, 0.4) is 0 Å². The first-order chi connectivity index (χ1) is 9.01. The van der Waals surface area contributed by atoms with Gasteiger partial charge in [-0.25, -0.2) is 9.59 Å². The van der Waals surface area contributed by atoms with E-state index in [4.69, 9.17) is 10.5 Å². The number of carbonyl (C=O) groups excluding carboxylic acids is 3. The van der Waals surface area contributed by atoms with E-state index in [0.717, 1.165) is 0 Å². The van der Waals surface area contributed by atoms with Crippen LogP contribution in [0, 0.1) is 6.92 Å². The summed E-state index contributed by atoms with van der Waals surface area (Å²) in [5.74, 6) is -2.40. The van der Waals surface area contributed by atoms with Crippen molar-refractivity contribution in [3.8, 4) is 0 Å². The number of esters is 3. The Balaban J connectivity index is 3.14. The molecule has 19 heavy (non-hydrogen) atoms. The minimum atomic E-state index is -0.906. The van der Waals surface area contributed by atoms with Gasteiger partial charge in [0.05, 0.1) is 24.3 Å². The van der Waals surface area contributed by atoms with Gasteiger partial charge in [-0.2, -0.15) is 0 Å². The Hall–Kier alpha value is -2.21. The van der Waals surface area contributed by atoms with Crippen LogP contribution in [0.15, 0.2) is 18.2 Å². The Labute approximate surface area is 110 Å². The molecule has 0 saturated heterocycles. The fraction of sp³-hybridized carbons (Fsp3) is 0.308. The van der Waals surface area contributed by atoms with E-state index in [9.17, 15) is 14.4 Å². The molecule has 1 rings (SSSR count). The summed E-state index contributed by atoms with van der Waals surface area (Å²) < 4.78 is 9.37. The second-order valence-electron chi connectivity index (χ2n) is 3.68. The molecule has 0 aromatic heterocycles. The van der Waals surface area contributed by atoms with Gasteiger partial charge in [0.15, 0.2) is 0 Å². The van der Waals surface area contributed by atoms with Crippen molar-refractivity contribution in [2.75, 3.05) is 13.2 Å². The summed E-state index contributed by atoms with van der Waals surface area (Å²) in [6.45, 7) is 3.06. The fourth-order valence-corrected chi connectivity index (χ4v) is 1.51. The van der Waals surface area contributed by atoms with Crippen LogP contribution in [-0.4, -0.2) is 31.1 Å². The fourth-order valence-electron chi connectivity index (χ4n) is 1.51. The average molecular weight is 265 g/mol. The molecule has 0 unspecified atom stereocenters. The van der Waals surface area contributed by atoms with E-state index in [1.54, 1.807) is 26.0 Å². The third-order valence-electron chi connectivity index (χ3n) is 2.35. The van der Waals surface area contributed by atoms with E-state index in [2.05, 4.69) is 4.74 Å². The van der Waals surface area contributed by atoms with Gasteiger partial charge in [0, 0.05) is 0 Å². The minimum absolute atomic E-state index is 0.0164. The number of carbonyl (C=O) groups is 3. The summed E-state index contributed by atoms with van der Waals surface area (Å²) in [6.07, 6.45) is 0. The number of rotatable bonds is 4. The normalized spacial score (nSPS) is 9.84. The lowest BCUT2D eigenvalue weighted by Crippen LogP contribution is -2.23. The van der Waals surface area contributed by atoms with Crippen molar-refractivity contribution >= 4 is 17.9 Å². The summed E-state index contributed by atoms with van der Waals surface area (Å²) >= 11 is 0. The zero-order valence-corrected chi connectivity index (χ0v) is 10.8. The van der Waals surface area contributed by atoms with Crippen molar-refractivity contribution in [1.82, 2.24) is 0 Å². The van der Waals surface area contributed by atoms with Gasteiger partial charge in [0.2, 0.25) is 0 Å². The molecule has 6 heteroatoms. The summed E-state index contributed by atoms with van der Waals surface area (Å²) in [6, 6.07) is 4.68. The lowest BCUT2D eigenvalue weighted by atomic mass is 10.0. The molecule has 0 bridgehead atoms. The van der Waals surface area contributed by atoms with Gasteiger partial charge in [-0.3, -0.25) is 4.79 Å². The summed E-state index contributed by atoms with van der Waals surface area (Å²) in [5.41, 5.74) is 5.66. The van der Waals surface area contributed by atoms with Gasteiger partial charge in [-0.05, 0) is 25.5 Å². The maximum atomic E-state index is 11.9. The van der Waals surface area contributed by atoms with Gasteiger partial charge in [0.1, 0.15) is 0 Å². The number of benzene rings is 1. The van der Waals surface area contributed by atoms with Gasteiger partial charge in [0.25, 0.3) is 0 Å².